The van der Waals surface area contributed by atoms with Crippen molar-refractivity contribution in [2.24, 2.45) is 0 Å². The molecular formula is C15H21FN2O. The largest absolute Gasteiger partial charge is 0.348 e. The fraction of sp³-hybridized carbons (Fsp3) is 0.533. The minimum Gasteiger partial charge on any atom is -0.348 e. The van der Waals surface area contributed by atoms with E-state index in [0.29, 0.717) is 0 Å². The molecular weight excluding hydrogens is 243 g/mol. The number of hydrogen-bond acceptors (Lipinski definition) is 2. The monoisotopic (exact) mass is 264 g/mol. The molecule has 4 heteroatoms. The fourth-order valence-electron chi connectivity index (χ4n) is 2.63. The van der Waals surface area contributed by atoms with Crippen LogP contribution in [0, 0.1) is 5.82 Å². The van der Waals surface area contributed by atoms with Gasteiger partial charge < -0.3 is 10.6 Å². The molecule has 0 radical (unpaired) electrons. The van der Waals surface area contributed by atoms with Crippen LogP contribution >= 0.6 is 0 Å². The Labute approximate surface area is 113 Å². The van der Waals surface area contributed by atoms with Gasteiger partial charge in [-0.1, -0.05) is 19.1 Å². The second kappa shape index (κ2) is 5.70. The van der Waals surface area contributed by atoms with Gasteiger partial charge >= 0.3 is 0 Å². The predicted molar refractivity (Wildman–Crippen MR) is 73.2 cm³/mol. The summed E-state index contributed by atoms with van der Waals surface area (Å²) < 4.78 is 12.9. The topological polar surface area (TPSA) is 41.1 Å². The van der Waals surface area contributed by atoms with Crippen LogP contribution in [0.15, 0.2) is 24.3 Å². The average Bonchev–Trinajstić information content (AvgIpc) is 2.89. The lowest BCUT2D eigenvalue weighted by atomic mass is 9.92. The molecule has 0 bridgehead atoms. The summed E-state index contributed by atoms with van der Waals surface area (Å²) in [5, 5.41) is 6.34. The van der Waals surface area contributed by atoms with Gasteiger partial charge in [0.15, 0.2) is 0 Å². The quantitative estimate of drug-likeness (QED) is 0.877. The highest BCUT2D eigenvalue weighted by Gasteiger charge is 2.39. The predicted octanol–water partition coefficient (Wildman–Crippen LogP) is 2.54. The van der Waals surface area contributed by atoms with Gasteiger partial charge in [-0.2, -0.15) is 0 Å². The Kier molecular flexibility index (Phi) is 4.20. The van der Waals surface area contributed by atoms with Crippen molar-refractivity contribution >= 4 is 5.91 Å². The third kappa shape index (κ3) is 2.95. The highest BCUT2D eigenvalue weighted by atomic mass is 19.1. The van der Waals surface area contributed by atoms with Crippen molar-refractivity contribution in [3.63, 3.8) is 0 Å². The van der Waals surface area contributed by atoms with Crippen LogP contribution in [-0.2, 0) is 4.79 Å². The van der Waals surface area contributed by atoms with E-state index in [2.05, 4.69) is 10.6 Å². The molecule has 1 unspecified atom stereocenters. The maximum atomic E-state index is 12.9. The zero-order valence-corrected chi connectivity index (χ0v) is 11.5. The lowest BCUT2D eigenvalue weighted by Crippen LogP contribution is -2.53. The van der Waals surface area contributed by atoms with Crippen LogP contribution in [0.2, 0.25) is 0 Å². The van der Waals surface area contributed by atoms with E-state index in [0.717, 1.165) is 31.4 Å². The maximum absolute atomic E-state index is 12.9. The highest BCUT2D eigenvalue weighted by molar-refractivity contribution is 5.87. The van der Waals surface area contributed by atoms with Crippen LogP contribution in [0.3, 0.4) is 0 Å². The molecule has 1 saturated heterocycles. The van der Waals surface area contributed by atoms with Crippen molar-refractivity contribution in [2.45, 2.75) is 44.7 Å². The number of benzene rings is 1. The Bertz CT molecular complexity index is 438. The molecule has 0 aliphatic carbocycles. The van der Waals surface area contributed by atoms with Gasteiger partial charge in [0.25, 0.3) is 0 Å². The minimum atomic E-state index is -0.422. The summed E-state index contributed by atoms with van der Waals surface area (Å²) in [7, 11) is 0. The van der Waals surface area contributed by atoms with Gasteiger partial charge in [-0.05, 0) is 50.4 Å². The summed E-state index contributed by atoms with van der Waals surface area (Å²) in [6, 6.07) is 6.14. The standard InChI is InChI=1S/C15H21FN2O/c1-3-15(9-4-10-17-15)14(19)18-11(2)12-5-7-13(16)8-6-12/h5-8,11,17H,3-4,9-10H2,1-2H3,(H,18,19)/t11-,15?/m0/s1. The Morgan fingerprint density at radius 1 is 1.47 bits per heavy atom. The number of nitrogens with one attached hydrogen (secondary N) is 2. The molecule has 2 rings (SSSR count). The lowest BCUT2D eigenvalue weighted by Gasteiger charge is -2.28. The van der Waals surface area contributed by atoms with E-state index in [4.69, 9.17) is 0 Å². The second-order valence-corrected chi connectivity index (χ2v) is 5.21. The first-order valence-corrected chi connectivity index (χ1v) is 6.89. The first-order chi connectivity index (χ1) is 9.07. The van der Waals surface area contributed by atoms with Gasteiger partial charge in [0, 0.05) is 0 Å². The number of carbonyl (C=O) groups is 1. The van der Waals surface area contributed by atoms with Crippen molar-refractivity contribution in [3.05, 3.63) is 35.6 Å². The number of rotatable bonds is 4. The molecule has 2 N–H and O–H groups in total. The van der Waals surface area contributed by atoms with Gasteiger partial charge in [-0.3, -0.25) is 4.79 Å². The van der Waals surface area contributed by atoms with E-state index in [1.54, 1.807) is 12.1 Å². The zero-order chi connectivity index (χ0) is 13.9. The van der Waals surface area contributed by atoms with Crippen molar-refractivity contribution in [1.82, 2.24) is 10.6 Å². The second-order valence-electron chi connectivity index (χ2n) is 5.21. The highest BCUT2D eigenvalue weighted by Crippen LogP contribution is 2.24. The molecule has 3 nitrogen and oxygen atoms in total. The SMILES string of the molecule is CCC1(C(=O)N[C@@H](C)c2ccc(F)cc2)CCCN1. The summed E-state index contributed by atoms with van der Waals surface area (Å²) >= 11 is 0. The lowest BCUT2D eigenvalue weighted by molar-refractivity contribution is -0.128. The summed E-state index contributed by atoms with van der Waals surface area (Å²) in [6.07, 6.45) is 2.70. The van der Waals surface area contributed by atoms with Gasteiger partial charge in [-0.15, -0.1) is 0 Å². The maximum Gasteiger partial charge on any atom is 0.240 e. The third-order valence-corrected chi connectivity index (χ3v) is 4.00. The number of amides is 1. The normalized spacial score (nSPS) is 24.2. The molecule has 2 atom stereocenters. The number of carbonyl (C=O) groups excluding carboxylic acids is 1. The summed E-state index contributed by atoms with van der Waals surface area (Å²) in [6.45, 7) is 4.84. The molecule has 0 aromatic heterocycles. The van der Waals surface area contributed by atoms with E-state index in [9.17, 15) is 9.18 Å². The summed E-state index contributed by atoms with van der Waals surface area (Å²) in [5.41, 5.74) is 0.493. The van der Waals surface area contributed by atoms with Crippen LogP contribution < -0.4 is 10.6 Å². The van der Waals surface area contributed by atoms with E-state index in [1.165, 1.54) is 12.1 Å². The first kappa shape index (κ1) is 14.0. The molecule has 1 heterocycles. The van der Waals surface area contributed by atoms with E-state index in [1.807, 2.05) is 13.8 Å². The van der Waals surface area contributed by atoms with Gasteiger partial charge in [-0.25, -0.2) is 4.39 Å². The number of hydrogen-bond donors (Lipinski definition) is 2. The molecule has 104 valence electrons. The van der Waals surface area contributed by atoms with Crippen LogP contribution in [0.4, 0.5) is 4.39 Å². The molecule has 1 aromatic carbocycles. The Balaban J connectivity index is 2.04. The molecule has 1 amide bonds. The van der Waals surface area contributed by atoms with E-state index < -0.39 is 5.54 Å². The third-order valence-electron chi connectivity index (χ3n) is 4.00. The van der Waals surface area contributed by atoms with Crippen molar-refractivity contribution in [3.8, 4) is 0 Å². The van der Waals surface area contributed by atoms with Crippen molar-refractivity contribution < 1.29 is 9.18 Å². The fourth-order valence-corrected chi connectivity index (χ4v) is 2.63. The first-order valence-electron chi connectivity index (χ1n) is 6.89. The molecule has 1 fully saturated rings. The molecule has 0 saturated carbocycles. The van der Waals surface area contributed by atoms with Crippen LogP contribution in [-0.4, -0.2) is 18.0 Å². The van der Waals surface area contributed by atoms with E-state index >= 15 is 0 Å². The van der Waals surface area contributed by atoms with Crippen molar-refractivity contribution in [2.75, 3.05) is 6.54 Å². The van der Waals surface area contributed by atoms with Gasteiger partial charge in [0.1, 0.15) is 5.82 Å². The molecule has 19 heavy (non-hydrogen) atoms. The van der Waals surface area contributed by atoms with E-state index in [-0.39, 0.29) is 17.8 Å². The Hall–Kier alpha value is -1.42. The molecule has 1 aromatic rings. The van der Waals surface area contributed by atoms with Gasteiger partial charge in [0.05, 0.1) is 11.6 Å². The number of halogens is 1. The zero-order valence-electron chi connectivity index (χ0n) is 11.5. The smallest absolute Gasteiger partial charge is 0.240 e. The Morgan fingerprint density at radius 2 is 2.16 bits per heavy atom. The molecule has 0 spiro atoms. The summed E-state index contributed by atoms with van der Waals surface area (Å²) in [5.74, 6) is -0.214. The molecule has 1 aliphatic rings. The van der Waals surface area contributed by atoms with Gasteiger partial charge in [0.2, 0.25) is 5.91 Å². The summed E-state index contributed by atoms with van der Waals surface area (Å²) in [4.78, 5) is 12.4. The molecule has 1 aliphatic heterocycles. The average molecular weight is 264 g/mol. The Morgan fingerprint density at radius 3 is 2.68 bits per heavy atom. The minimum absolute atomic E-state index is 0.0457. The van der Waals surface area contributed by atoms with Crippen molar-refractivity contribution in [1.29, 1.82) is 0 Å². The van der Waals surface area contributed by atoms with Crippen LogP contribution in [0.1, 0.15) is 44.7 Å². The van der Waals surface area contributed by atoms with Crippen LogP contribution in [0.5, 0.6) is 0 Å². The van der Waals surface area contributed by atoms with Crippen LogP contribution in [0.25, 0.3) is 0 Å².